The standard InChI is InChI=1S/C26H19ClN4O4/c27-17-10-12-18(13-11-17)29-24(33)20-7-3-4-8-22(20)30-25(34)26(35)31-28-15-21-19-6-2-1-5-16(19)9-14-23(21)32/h1-15,32H,(H,29,33)(H,30,34)(H,31,35)/b28-15-. The topological polar surface area (TPSA) is 120 Å². The number of nitrogens with one attached hydrogen (secondary N) is 3. The van der Waals surface area contributed by atoms with Gasteiger partial charge < -0.3 is 15.7 Å². The normalized spacial score (nSPS) is 10.8. The van der Waals surface area contributed by atoms with Gasteiger partial charge in [0.25, 0.3) is 5.91 Å². The van der Waals surface area contributed by atoms with Crippen molar-refractivity contribution in [2.24, 2.45) is 5.10 Å². The molecular formula is C26H19ClN4O4. The monoisotopic (exact) mass is 486 g/mol. The van der Waals surface area contributed by atoms with E-state index in [9.17, 15) is 19.5 Å². The predicted molar refractivity (Wildman–Crippen MR) is 136 cm³/mol. The maximum absolute atomic E-state index is 12.7. The van der Waals surface area contributed by atoms with E-state index in [4.69, 9.17) is 11.6 Å². The molecule has 0 aromatic heterocycles. The first-order valence-electron chi connectivity index (χ1n) is 10.4. The van der Waals surface area contributed by atoms with Gasteiger partial charge in [-0.25, -0.2) is 5.43 Å². The number of carbonyl (C=O) groups is 3. The summed E-state index contributed by atoms with van der Waals surface area (Å²) in [5.74, 6) is -2.57. The number of hydrogen-bond acceptors (Lipinski definition) is 5. The summed E-state index contributed by atoms with van der Waals surface area (Å²) in [7, 11) is 0. The van der Waals surface area contributed by atoms with Crippen LogP contribution < -0.4 is 16.1 Å². The molecule has 0 saturated carbocycles. The molecule has 0 spiro atoms. The third-order valence-corrected chi connectivity index (χ3v) is 5.29. The number of anilines is 2. The first-order valence-corrected chi connectivity index (χ1v) is 10.8. The Morgan fingerprint density at radius 3 is 2.31 bits per heavy atom. The molecule has 4 aromatic rings. The number of para-hydroxylation sites is 1. The summed E-state index contributed by atoms with van der Waals surface area (Å²) in [6.07, 6.45) is 1.26. The van der Waals surface area contributed by atoms with Crippen LogP contribution in [0, 0.1) is 0 Å². The highest BCUT2D eigenvalue weighted by Crippen LogP contribution is 2.25. The van der Waals surface area contributed by atoms with Crippen LogP contribution >= 0.6 is 11.6 Å². The van der Waals surface area contributed by atoms with E-state index in [-0.39, 0.29) is 17.0 Å². The quantitative estimate of drug-likeness (QED) is 0.188. The van der Waals surface area contributed by atoms with E-state index in [1.807, 2.05) is 18.2 Å². The fourth-order valence-electron chi connectivity index (χ4n) is 3.33. The molecule has 0 atom stereocenters. The van der Waals surface area contributed by atoms with Crippen molar-refractivity contribution in [2.45, 2.75) is 0 Å². The molecule has 0 aliphatic heterocycles. The highest BCUT2D eigenvalue weighted by molar-refractivity contribution is 6.40. The first-order chi connectivity index (χ1) is 16.9. The lowest BCUT2D eigenvalue weighted by molar-refractivity contribution is -0.136. The van der Waals surface area contributed by atoms with Gasteiger partial charge in [0.15, 0.2) is 0 Å². The molecule has 0 radical (unpaired) electrons. The number of carbonyl (C=O) groups excluding carboxylic acids is 3. The average molecular weight is 487 g/mol. The lowest BCUT2D eigenvalue weighted by atomic mass is 10.0. The van der Waals surface area contributed by atoms with Crippen LogP contribution in [-0.4, -0.2) is 29.0 Å². The number of phenols is 1. The van der Waals surface area contributed by atoms with E-state index in [0.29, 0.717) is 16.3 Å². The maximum atomic E-state index is 12.7. The summed E-state index contributed by atoms with van der Waals surface area (Å²) in [5, 5.41) is 21.2. The number of aromatic hydroxyl groups is 1. The summed E-state index contributed by atoms with van der Waals surface area (Å²) >= 11 is 5.86. The molecular weight excluding hydrogens is 468 g/mol. The van der Waals surface area contributed by atoms with E-state index >= 15 is 0 Å². The number of rotatable bonds is 5. The third kappa shape index (κ3) is 5.63. The molecule has 0 heterocycles. The zero-order chi connectivity index (χ0) is 24.8. The molecule has 0 aliphatic carbocycles. The molecule has 4 rings (SSSR count). The van der Waals surface area contributed by atoms with Gasteiger partial charge >= 0.3 is 11.8 Å². The van der Waals surface area contributed by atoms with Crippen molar-refractivity contribution >= 4 is 57.7 Å². The highest BCUT2D eigenvalue weighted by Gasteiger charge is 2.18. The van der Waals surface area contributed by atoms with Crippen molar-refractivity contribution in [3.8, 4) is 5.75 Å². The Labute approximate surface area is 205 Å². The zero-order valence-corrected chi connectivity index (χ0v) is 18.9. The summed E-state index contributed by atoms with van der Waals surface area (Å²) in [6, 6.07) is 23.4. The van der Waals surface area contributed by atoms with Gasteiger partial charge in [0.05, 0.1) is 17.5 Å². The Bertz CT molecular complexity index is 1450. The Balaban J connectivity index is 1.43. The molecule has 9 heteroatoms. The Morgan fingerprint density at radius 2 is 1.51 bits per heavy atom. The van der Waals surface area contributed by atoms with Gasteiger partial charge in [-0.2, -0.15) is 5.10 Å². The molecule has 4 N–H and O–H groups in total. The molecule has 0 unspecified atom stereocenters. The van der Waals surface area contributed by atoms with Gasteiger partial charge in [0.2, 0.25) is 0 Å². The fourth-order valence-corrected chi connectivity index (χ4v) is 3.45. The van der Waals surface area contributed by atoms with Crippen LogP contribution in [0.2, 0.25) is 5.02 Å². The third-order valence-electron chi connectivity index (χ3n) is 5.04. The minimum atomic E-state index is -1.05. The SMILES string of the molecule is O=C(N/N=C\c1c(O)ccc2ccccc12)C(=O)Nc1ccccc1C(=O)Nc1ccc(Cl)cc1. The number of nitrogens with zero attached hydrogens (tertiary/aromatic N) is 1. The maximum Gasteiger partial charge on any atom is 0.329 e. The molecule has 35 heavy (non-hydrogen) atoms. The molecule has 0 aliphatic rings. The number of fused-ring (bicyclic) bond motifs is 1. The molecule has 0 saturated heterocycles. The van der Waals surface area contributed by atoms with Crippen LogP contribution in [0.25, 0.3) is 10.8 Å². The molecule has 174 valence electrons. The largest absolute Gasteiger partial charge is 0.507 e. The minimum Gasteiger partial charge on any atom is -0.507 e. The Kier molecular flexibility index (Phi) is 7.04. The van der Waals surface area contributed by atoms with E-state index in [2.05, 4.69) is 21.2 Å². The number of amides is 3. The van der Waals surface area contributed by atoms with E-state index in [1.54, 1.807) is 48.5 Å². The second-order valence-corrected chi connectivity index (χ2v) is 7.82. The van der Waals surface area contributed by atoms with Crippen molar-refractivity contribution in [3.05, 3.63) is 101 Å². The summed E-state index contributed by atoms with van der Waals surface area (Å²) in [5.41, 5.74) is 3.35. The number of halogens is 1. The summed E-state index contributed by atoms with van der Waals surface area (Å²) < 4.78 is 0. The van der Waals surface area contributed by atoms with Crippen LogP contribution in [0.1, 0.15) is 15.9 Å². The number of hydrazone groups is 1. The average Bonchev–Trinajstić information content (AvgIpc) is 2.87. The molecule has 0 bridgehead atoms. The Hall–Kier alpha value is -4.69. The van der Waals surface area contributed by atoms with Crippen LogP contribution in [0.5, 0.6) is 5.75 Å². The minimum absolute atomic E-state index is 0.0215. The molecule has 8 nitrogen and oxygen atoms in total. The van der Waals surface area contributed by atoms with Crippen LogP contribution in [0.3, 0.4) is 0 Å². The summed E-state index contributed by atoms with van der Waals surface area (Å²) in [4.78, 5) is 37.4. The number of hydrogen-bond donors (Lipinski definition) is 4. The Morgan fingerprint density at radius 1 is 0.800 bits per heavy atom. The van der Waals surface area contributed by atoms with Gasteiger partial charge in [0, 0.05) is 16.3 Å². The van der Waals surface area contributed by atoms with Crippen molar-refractivity contribution < 1.29 is 19.5 Å². The van der Waals surface area contributed by atoms with E-state index < -0.39 is 17.7 Å². The second kappa shape index (κ2) is 10.5. The smallest absolute Gasteiger partial charge is 0.329 e. The van der Waals surface area contributed by atoms with Gasteiger partial charge in [0.1, 0.15) is 5.75 Å². The zero-order valence-electron chi connectivity index (χ0n) is 18.2. The van der Waals surface area contributed by atoms with Crippen LogP contribution in [0.15, 0.2) is 90.0 Å². The highest BCUT2D eigenvalue weighted by atomic mass is 35.5. The van der Waals surface area contributed by atoms with Crippen molar-refractivity contribution in [2.75, 3.05) is 10.6 Å². The van der Waals surface area contributed by atoms with E-state index in [1.165, 1.54) is 24.4 Å². The summed E-state index contributed by atoms with van der Waals surface area (Å²) in [6.45, 7) is 0. The van der Waals surface area contributed by atoms with E-state index in [0.717, 1.165) is 10.8 Å². The van der Waals surface area contributed by atoms with Crippen LogP contribution in [-0.2, 0) is 9.59 Å². The van der Waals surface area contributed by atoms with Crippen molar-refractivity contribution in [1.29, 1.82) is 0 Å². The number of benzene rings is 4. The van der Waals surface area contributed by atoms with Gasteiger partial charge in [-0.15, -0.1) is 0 Å². The molecule has 3 amide bonds. The van der Waals surface area contributed by atoms with Gasteiger partial charge in [-0.1, -0.05) is 54.1 Å². The predicted octanol–water partition coefficient (Wildman–Crippen LogP) is 4.54. The molecule has 4 aromatic carbocycles. The lowest BCUT2D eigenvalue weighted by Crippen LogP contribution is -2.33. The second-order valence-electron chi connectivity index (χ2n) is 7.38. The lowest BCUT2D eigenvalue weighted by Gasteiger charge is -2.11. The number of phenolic OH excluding ortho intramolecular Hbond substituents is 1. The van der Waals surface area contributed by atoms with Crippen molar-refractivity contribution in [1.82, 2.24) is 5.43 Å². The van der Waals surface area contributed by atoms with Crippen LogP contribution in [0.4, 0.5) is 11.4 Å². The fraction of sp³-hybridized carbons (Fsp3) is 0. The first kappa shape index (κ1) is 23.5. The van der Waals surface area contributed by atoms with Crippen molar-refractivity contribution in [3.63, 3.8) is 0 Å². The van der Waals surface area contributed by atoms with Gasteiger partial charge in [-0.3, -0.25) is 14.4 Å². The molecule has 0 fully saturated rings. The van der Waals surface area contributed by atoms with Gasteiger partial charge in [-0.05, 0) is 53.2 Å².